The van der Waals surface area contributed by atoms with Crippen LogP contribution in [0, 0.1) is 5.82 Å². The van der Waals surface area contributed by atoms with Crippen molar-refractivity contribution in [3.63, 3.8) is 0 Å². The second kappa shape index (κ2) is 3.10. The molecule has 0 aromatic carbocycles. The Morgan fingerprint density at radius 2 is 1.85 bits per heavy atom. The zero-order valence-electron chi connectivity index (χ0n) is 7.73. The van der Waals surface area contributed by atoms with Crippen LogP contribution in [-0.2, 0) is 5.41 Å². The standard InChI is InChI=1S/C8H11ClFN3/c1-8(2,3)5-4(10)6(9)13-7(11)12-5/h1-3H3,(H2,11,12,13). The predicted octanol–water partition coefficient (Wildman–Crippen LogP) is 2.15. The fourth-order valence-corrected chi connectivity index (χ4v) is 1.11. The molecule has 0 spiro atoms. The number of nitrogens with two attached hydrogens (primary N) is 1. The summed E-state index contributed by atoms with van der Waals surface area (Å²) in [5.41, 5.74) is 5.17. The van der Waals surface area contributed by atoms with Crippen LogP contribution in [0.5, 0.6) is 0 Å². The summed E-state index contributed by atoms with van der Waals surface area (Å²) in [5, 5.41) is -0.225. The molecule has 13 heavy (non-hydrogen) atoms. The normalized spacial score (nSPS) is 11.8. The van der Waals surface area contributed by atoms with Gasteiger partial charge in [-0.15, -0.1) is 0 Å². The molecule has 72 valence electrons. The van der Waals surface area contributed by atoms with E-state index >= 15 is 0 Å². The molecule has 0 saturated carbocycles. The third kappa shape index (κ3) is 2.06. The van der Waals surface area contributed by atoms with Crippen molar-refractivity contribution in [1.29, 1.82) is 0 Å². The second-order valence-corrected chi connectivity index (χ2v) is 4.14. The highest BCUT2D eigenvalue weighted by Crippen LogP contribution is 2.26. The van der Waals surface area contributed by atoms with E-state index in [9.17, 15) is 4.39 Å². The molecular weight excluding hydrogens is 193 g/mol. The van der Waals surface area contributed by atoms with Gasteiger partial charge in [0.15, 0.2) is 11.0 Å². The molecule has 0 unspecified atom stereocenters. The van der Waals surface area contributed by atoms with Crippen LogP contribution in [0.2, 0.25) is 5.15 Å². The first-order chi connectivity index (χ1) is 5.82. The quantitative estimate of drug-likeness (QED) is 0.658. The van der Waals surface area contributed by atoms with E-state index in [2.05, 4.69) is 9.97 Å². The van der Waals surface area contributed by atoms with Crippen LogP contribution in [0.3, 0.4) is 0 Å². The number of nitrogens with zero attached hydrogens (tertiary/aromatic N) is 2. The fourth-order valence-electron chi connectivity index (χ4n) is 0.933. The summed E-state index contributed by atoms with van der Waals surface area (Å²) in [4.78, 5) is 7.32. The molecule has 0 aliphatic heterocycles. The van der Waals surface area contributed by atoms with Crippen molar-refractivity contribution in [2.75, 3.05) is 5.73 Å². The number of nitrogen functional groups attached to an aromatic ring is 1. The first-order valence-electron chi connectivity index (χ1n) is 3.81. The maximum atomic E-state index is 13.4. The smallest absolute Gasteiger partial charge is 0.221 e. The Morgan fingerprint density at radius 3 is 2.31 bits per heavy atom. The van der Waals surface area contributed by atoms with E-state index in [1.54, 1.807) is 0 Å². The molecular formula is C8H11ClFN3. The highest BCUT2D eigenvalue weighted by Gasteiger charge is 2.23. The van der Waals surface area contributed by atoms with Crippen LogP contribution in [0.1, 0.15) is 26.5 Å². The highest BCUT2D eigenvalue weighted by atomic mass is 35.5. The SMILES string of the molecule is CC(C)(C)c1nc(N)nc(Cl)c1F. The van der Waals surface area contributed by atoms with E-state index in [0.717, 1.165) is 0 Å². The summed E-state index contributed by atoms with van der Waals surface area (Å²) < 4.78 is 13.4. The summed E-state index contributed by atoms with van der Waals surface area (Å²) in [6, 6.07) is 0. The van der Waals surface area contributed by atoms with Crippen LogP contribution in [0.4, 0.5) is 10.3 Å². The summed E-state index contributed by atoms with van der Waals surface area (Å²) in [5.74, 6) is -0.598. The van der Waals surface area contributed by atoms with Crippen molar-refractivity contribution < 1.29 is 4.39 Å². The molecule has 1 aromatic heterocycles. The molecule has 0 bridgehead atoms. The van der Waals surface area contributed by atoms with E-state index in [4.69, 9.17) is 17.3 Å². The Kier molecular flexibility index (Phi) is 2.43. The Morgan fingerprint density at radius 1 is 1.31 bits per heavy atom. The van der Waals surface area contributed by atoms with Gasteiger partial charge in [-0.2, -0.15) is 4.98 Å². The predicted molar refractivity (Wildman–Crippen MR) is 50.1 cm³/mol. The van der Waals surface area contributed by atoms with Crippen molar-refractivity contribution in [3.8, 4) is 0 Å². The largest absolute Gasteiger partial charge is 0.368 e. The first-order valence-corrected chi connectivity index (χ1v) is 4.19. The molecule has 1 heterocycles. The van der Waals surface area contributed by atoms with Crippen LogP contribution >= 0.6 is 11.6 Å². The average Bonchev–Trinajstić information content (AvgIpc) is 1.94. The van der Waals surface area contributed by atoms with E-state index in [-0.39, 0.29) is 16.8 Å². The minimum atomic E-state index is -0.594. The third-order valence-electron chi connectivity index (χ3n) is 1.54. The molecule has 5 heteroatoms. The Bertz CT molecular complexity index is 333. The fraction of sp³-hybridized carbons (Fsp3) is 0.500. The van der Waals surface area contributed by atoms with Gasteiger partial charge in [0.25, 0.3) is 0 Å². The lowest BCUT2D eigenvalue weighted by atomic mass is 9.92. The zero-order valence-corrected chi connectivity index (χ0v) is 8.48. The zero-order chi connectivity index (χ0) is 10.2. The summed E-state index contributed by atoms with van der Waals surface area (Å²) in [6.07, 6.45) is 0. The lowest BCUT2D eigenvalue weighted by molar-refractivity contribution is 0.500. The van der Waals surface area contributed by atoms with Crippen LogP contribution in [-0.4, -0.2) is 9.97 Å². The Labute approximate surface area is 81.1 Å². The molecule has 0 aliphatic rings. The number of aromatic nitrogens is 2. The van der Waals surface area contributed by atoms with Crippen molar-refractivity contribution >= 4 is 17.5 Å². The number of anilines is 1. The van der Waals surface area contributed by atoms with Crippen molar-refractivity contribution in [2.24, 2.45) is 0 Å². The van der Waals surface area contributed by atoms with Gasteiger partial charge in [0, 0.05) is 5.41 Å². The molecule has 0 radical (unpaired) electrons. The topological polar surface area (TPSA) is 51.8 Å². The Hall–Kier alpha value is -0.900. The molecule has 0 saturated heterocycles. The molecule has 1 aromatic rings. The van der Waals surface area contributed by atoms with Gasteiger partial charge < -0.3 is 5.73 Å². The van der Waals surface area contributed by atoms with Gasteiger partial charge in [0.05, 0.1) is 5.69 Å². The molecule has 0 amide bonds. The van der Waals surface area contributed by atoms with Gasteiger partial charge in [-0.05, 0) is 0 Å². The average molecular weight is 204 g/mol. The van der Waals surface area contributed by atoms with Gasteiger partial charge in [0.1, 0.15) is 0 Å². The lowest BCUT2D eigenvalue weighted by Crippen LogP contribution is -2.18. The molecule has 0 atom stereocenters. The van der Waals surface area contributed by atoms with Crippen molar-refractivity contribution in [3.05, 3.63) is 16.7 Å². The molecule has 3 nitrogen and oxygen atoms in total. The molecule has 2 N–H and O–H groups in total. The van der Waals surface area contributed by atoms with Crippen LogP contribution < -0.4 is 5.73 Å². The van der Waals surface area contributed by atoms with Crippen molar-refractivity contribution in [1.82, 2.24) is 9.97 Å². The number of hydrogen-bond donors (Lipinski definition) is 1. The van der Waals surface area contributed by atoms with E-state index < -0.39 is 11.2 Å². The van der Waals surface area contributed by atoms with Crippen LogP contribution in [0.15, 0.2) is 0 Å². The van der Waals surface area contributed by atoms with Crippen LogP contribution in [0.25, 0.3) is 0 Å². The number of hydrogen-bond acceptors (Lipinski definition) is 3. The summed E-state index contributed by atoms with van der Waals surface area (Å²) in [7, 11) is 0. The van der Waals surface area contributed by atoms with Gasteiger partial charge >= 0.3 is 0 Å². The summed E-state index contributed by atoms with van der Waals surface area (Å²) >= 11 is 5.52. The third-order valence-corrected chi connectivity index (χ3v) is 1.79. The monoisotopic (exact) mass is 203 g/mol. The number of halogens is 2. The van der Waals surface area contributed by atoms with Gasteiger partial charge in [-0.1, -0.05) is 32.4 Å². The van der Waals surface area contributed by atoms with Gasteiger partial charge in [0.2, 0.25) is 5.95 Å². The Balaban J connectivity index is 3.37. The number of rotatable bonds is 0. The molecule has 0 fully saturated rings. The van der Waals surface area contributed by atoms with Gasteiger partial charge in [-0.25, -0.2) is 9.37 Å². The maximum absolute atomic E-state index is 13.4. The highest BCUT2D eigenvalue weighted by molar-refractivity contribution is 6.29. The minimum absolute atomic E-state index is 0.00340. The summed E-state index contributed by atoms with van der Waals surface area (Å²) in [6.45, 7) is 5.48. The van der Waals surface area contributed by atoms with E-state index in [1.165, 1.54) is 0 Å². The minimum Gasteiger partial charge on any atom is -0.368 e. The maximum Gasteiger partial charge on any atom is 0.221 e. The van der Waals surface area contributed by atoms with E-state index in [0.29, 0.717) is 0 Å². The lowest BCUT2D eigenvalue weighted by Gasteiger charge is -2.18. The molecule has 0 aliphatic carbocycles. The first kappa shape index (κ1) is 10.2. The molecule has 1 rings (SSSR count). The van der Waals surface area contributed by atoms with Gasteiger partial charge in [-0.3, -0.25) is 0 Å². The van der Waals surface area contributed by atoms with E-state index in [1.807, 2.05) is 20.8 Å². The van der Waals surface area contributed by atoms with Crippen molar-refractivity contribution in [2.45, 2.75) is 26.2 Å². The second-order valence-electron chi connectivity index (χ2n) is 3.79.